The first-order valence-electron chi connectivity index (χ1n) is 3.92. The molecule has 0 unspecified atom stereocenters. The molecule has 0 bridgehead atoms. The van der Waals surface area contributed by atoms with Gasteiger partial charge in [-0.05, 0) is 34.7 Å². The predicted molar refractivity (Wildman–Crippen MR) is 67.4 cm³/mol. The SMILES string of the molecule is N#Cc1cc(C(=O)CBr)c(C=O)cc1I. The first-order chi connectivity index (χ1) is 7.13. The fourth-order valence-electron chi connectivity index (χ4n) is 1.09. The number of ketones is 1. The van der Waals surface area contributed by atoms with E-state index < -0.39 is 0 Å². The van der Waals surface area contributed by atoms with Crippen molar-refractivity contribution in [2.75, 3.05) is 5.33 Å². The number of halogens is 2. The molecule has 0 N–H and O–H groups in total. The van der Waals surface area contributed by atoms with Gasteiger partial charge < -0.3 is 0 Å². The van der Waals surface area contributed by atoms with Crippen molar-refractivity contribution in [2.45, 2.75) is 0 Å². The normalized spacial score (nSPS) is 9.40. The van der Waals surface area contributed by atoms with Crippen LogP contribution in [0.1, 0.15) is 26.3 Å². The van der Waals surface area contributed by atoms with E-state index in [1.807, 2.05) is 28.7 Å². The first-order valence-corrected chi connectivity index (χ1v) is 6.12. The van der Waals surface area contributed by atoms with Crippen LogP contribution in [0, 0.1) is 14.9 Å². The number of aldehydes is 1. The van der Waals surface area contributed by atoms with Crippen LogP contribution in [0.2, 0.25) is 0 Å². The average molecular weight is 378 g/mol. The van der Waals surface area contributed by atoms with E-state index in [9.17, 15) is 9.59 Å². The molecule has 1 aromatic rings. The summed E-state index contributed by atoms with van der Waals surface area (Å²) >= 11 is 4.99. The molecule has 1 aromatic carbocycles. The van der Waals surface area contributed by atoms with E-state index in [0.29, 0.717) is 26.5 Å². The number of rotatable bonds is 3. The molecule has 0 aliphatic carbocycles. The monoisotopic (exact) mass is 377 g/mol. The van der Waals surface area contributed by atoms with Crippen LogP contribution >= 0.6 is 38.5 Å². The van der Waals surface area contributed by atoms with E-state index in [1.54, 1.807) is 6.07 Å². The Bertz CT molecular complexity index is 465. The molecule has 15 heavy (non-hydrogen) atoms. The number of Topliss-reactive ketones (excluding diaryl/α,β-unsaturated/α-hetero) is 1. The van der Waals surface area contributed by atoms with Gasteiger partial charge in [0.05, 0.1) is 10.9 Å². The molecule has 0 radical (unpaired) electrons. The highest BCUT2D eigenvalue weighted by molar-refractivity contribution is 14.1. The van der Waals surface area contributed by atoms with Gasteiger partial charge in [-0.25, -0.2) is 0 Å². The number of carbonyl (C=O) groups excluding carboxylic acids is 2. The van der Waals surface area contributed by atoms with Crippen LogP contribution in [-0.2, 0) is 0 Å². The molecule has 5 heteroatoms. The van der Waals surface area contributed by atoms with Gasteiger partial charge in [0, 0.05) is 14.7 Å². The zero-order chi connectivity index (χ0) is 11.4. The van der Waals surface area contributed by atoms with Crippen LogP contribution in [0.15, 0.2) is 12.1 Å². The standard InChI is InChI=1S/C10H5BrINO2/c11-3-10(15)8-1-6(4-13)9(12)2-7(8)5-14/h1-2,5H,3H2. The van der Waals surface area contributed by atoms with Gasteiger partial charge in [-0.1, -0.05) is 15.9 Å². The number of nitrogens with zero attached hydrogens (tertiary/aromatic N) is 1. The molecule has 0 saturated heterocycles. The Kier molecular flexibility index (Phi) is 4.42. The summed E-state index contributed by atoms with van der Waals surface area (Å²) in [4.78, 5) is 22.2. The summed E-state index contributed by atoms with van der Waals surface area (Å²) < 4.78 is 0.670. The fourth-order valence-corrected chi connectivity index (χ4v) is 2.00. The highest BCUT2D eigenvalue weighted by Crippen LogP contribution is 2.18. The predicted octanol–water partition coefficient (Wildman–Crippen LogP) is 2.55. The Labute approximate surface area is 109 Å². The Hall–Kier alpha value is -0.740. The largest absolute Gasteiger partial charge is 0.298 e. The van der Waals surface area contributed by atoms with Crippen molar-refractivity contribution in [1.29, 1.82) is 5.26 Å². The lowest BCUT2D eigenvalue weighted by molar-refractivity contribution is 0.101. The molecule has 0 aliphatic heterocycles. The van der Waals surface area contributed by atoms with Crippen molar-refractivity contribution in [2.24, 2.45) is 0 Å². The smallest absolute Gasteiger partial charge is 0.174 e. The van der Waals surface area contributed by atoms with Crippen LogP contribution in [0.5, 0.6) is 0 Å². The van der Waals surface area contributed by atoms with E-state index in [-0.39, 0.29) is 11.1 Å². The van der Waals surface area contributed by atoms with Crippen LogP contribution in [0.25, 0.3) is 0 Å². The second-order valence-corrected chi connectivity index (χ2v) is 4.43. The molecule has 0 aromatic heterocycles. The van der Waals surface area contributed by atoms with E-state index in [2.05, 4.69) is 15.9 Å². The van der Waals surface area contributed by atoms with Gasteiger partial charge in [0.25, 0.3) is 0 Å². The van der Waals surface area contributed by atoms with Crippen molar-refractivity contribution in [3.8, 4) is 6.07 Å². The zero-order valence-corrected chi connectivity index (χ0v) is 11.2. The van der Waals surface area contributed by atoms with E-state index in [0.717, 1.165) is 0 Å². The Morgan fingerprint density at radius 1 is 1.60 bits per heavy atom. The molecule has 76 valence electrons. The first kappa shape index (κ1) is 12.3. The van der Waals surface area contributed by atoms with Crippen LogP contribution in [0.3, 0.4) is 0 Å². The summed E-state index contributed by atoms with van der Waals surface area (Å²) in [7, 11) is 0. The molecular formula is C10H5BrINO2. The van der Waals surface area contributed by atoms with Gasteiger partial charge in [0.1, 0.15) is 6.07 Å². The lowest BCUT2D eigenvalue weighted by atomic mass is 10.0. The second-order valence-electron chi connectivity index (χ2n) is 2.71. The third-order valence-electron chi connectivity index (χ3n) is 1.81. The summed E-state index contributed by atoms with van der Waals surface area (Å²) in [6, 6.07) is 4.97. The molecule has 0 spiro atoms. The van der Waals surface area contributed by atoms with Crippen LogP contribution in [0.4, 0.5) is 0 Å². The highest BCUT2D eigenvalue weighted by atomic mass is 127. The molecule has 0 amide bonds. The molecule has 1 rings (SSSR count). The number of alkyl halides is 1. The van der Waals surface area contributed by atoms with Gasteiger partial charge in [-0.3, -0.25) is 9.59 Å². The molecule has 0 heterocycles. The maximum Gasteiger partial charge on any atom is 0.174 e. The summed E-state index contributed by atoms with van der Waals surface area (Å²) in [5, 5.41) is 8.93. The van der Waals surface area contributed by atoms with Crippen molar-refractivity contribution >= 4 is 50.6 Å². The molecule has 0 aliphatic rings. The number of hydrogen-bond donors (Lipinski definition) is 0. The lowest BCUT2D eigenvalue weighted by Gasteiger charge is -2.04. The maximum absolute atomic E-state index is 11.5. The van der Waals surface area contributed by atoms with Gasteiger partial charge in [0.2, 0.25) is 0 Å². The van der Waals surface area contributed by atoms with Gasteiger partial charge >= 0.3 is 0 Å². The number of carbonyl (C=O) groups is 2. The van der Waals surface area contributed by atoms with Gasteiger partial charge in [-0.2, -0.15) is 5.26 Å². The molecule has 0 fully saturated rings. The van der Waals surface area contributed by atoms with Gasteiger partial charge in [0.15, 0.2) is 12.1 Å². The Balaban J connectivity index is 3.43. The van der Waals surface area contributed by atoms with Gasteiger partial charge in [-0.15, -0.1) is 0 Å². The summed E-state index contributed by atoms with van der Waals surface area (Å²) in [5.74, 6) is -0.204. The van der Waals surface area contributed by atoms with Crippen molar-refractivity contribution in [3.05, 3.63) is 32.4 Å². The van der Waals surface area contributed by atoms with Crippen molar-refractivity contribution in [3.63, 3.8) is 0 Å². The number of hydrogen-bond acceptors (Lipinski definition) is 3. The average Bonchev–Trinajstić information content (AvgIpc) is 2.27. The molecule has 0 atom stereocenters. The van der Waals surface area contributed by atoms with Crippen molar-refractivity contribution < 1.29 is 9.59 Å². The lowest BCUT2D eigenvalue weighted by Crippen LogP contribution is -2.06. The zero-order valence-electron chi connectivity index (χ0n) is 7.46. The third-order valence-corrected chi connectivity index (χ3v) is 3.21. The summed E-state index contributed by atoms with van der Waals surface area (Å²) in [6.45, 7) is 0. The van der Waals surface area contributed by atoms with Crippen LogP contribution in [-0.4, -0.2) is 17.4 Å². The highest BCUT2D eigenvalue weighted by Gasteiger charge is 2.13. The molecule has 3 nitrogen and oxygen atoms in total. The minimum atomic E-state index is -0.204. The molecule has 0 saturated carbocycles. The van der Waals surface area contributed by atoms with Crippen molar-refractivity contribution in [1.82, 2.24) is 0 Å². The minimum absolute atomic E-state index is 0.138. The quantitative estimate of drug-likeness (QED) is 0.352. The summed E-state index contributed by atoms with van der Waals surface area (Å²) in [6.07, 6.45) is 0.624. The fraction of sp³-hybridized carbons (Fsp3) is 0.100. The topological polar surface area (TPSA) is 57.9 Å². The Morgan fingerprint density at radius 2 is 2.27 bits per heavy atom. The van der Waals surface area contributed by atoms with E-state index in [1.165, 1.54) is 6.07 Å². The third kappa shape index (κ3) is 2.63. The minimum Gasteiger partial charge on any atom is -0.298 e. The van der Waals surface area contributed by atoms with E-state index >= 15 is 0 Å². The number of benzene rings is 1. The molecular weight excluding hydrogens is 373 g/mol. The van der Waals surface area contributed by atoms with Crippen LogP contribution < -0.4 is 0 Å². The Morgan fingerprint density at radius 3 is 2.73 bits per heavy atom. The second kappa shape index (κ2) is 5.37. The maximum atomic E-state index is 11.5. The number of nitriles is 1. The van der Waals surface area contributed by atoms with E-state index in [4.69, 9.17) is 5.26 Å². The summed E-state index contributed by atoms with van der Waals surface area (Å²) in [5.41, 5.74) is 1.02.